The van der Waals surface area contributed by atoms with Crippen molar-refractivity contribution >= 4 is 17.2 Å². The molecule has 0 aliphatic rings. The number of carbonyl (C=O) groups excluding carboxylic acids is 1. The van der Waals surface area contributed by atoms with Crippen LogP contribution in [0.2, 0.25) is 0 Å². The second-order valence-electron chi connectivity index (χ2n) is 5.56. The van der Waals surface area contributed by atoms with Crippen molar-refractivity contribution in [3.05, 3.63) is 65.1 Å². The Bertz CT molecular complexity index is 944. The molecule has 0 saturated carbocycles. The number of carbonyl (C=O) groups is 1. The first-order valence-corrected chi connectivity index (χ1v) is 7.36. The number of ether oxygens (including phenoxy) is 1. The van der Waals surface area contributed by atoms with Crippen LogP contribution in [0.3, 0.4) is 0 Å². The Morgan fingerprint density at radius 3 is 2.60 bits per heavy atom. The third-order valence-corrected chi connectivity index (χ3v) is 3.92. The van der Waals surface area contributed by atoms with Gasteiger partial charge in [0.2, 0.25) is 0 Å². The molecule has 0 fully saturated rings. The van der Waals surface area contributed by atoms with Crippen molar-refractivity contribution in [1.29, 1.82) is 0 Å². The summed E-state index contributed by atoms with van der Waals surface area (Å²) in [5, 5.41) is 0.468. The maximum Gasteiger partial charge on any atom is 0.573 e. The van der Waals surface area contributed by atoms with Crippen LogP contribution < -0.4 is 4.74 Å². The van der Waals surface area contributed by atoms with Gasteiger partial charge in [0.05, 0.1) is 0 Å². The van der Waals surface area contributed by atoms with Crippen LogP contribution in [-0.4, -0.2) is 17.2 Å². The molecule has 0 bridgehead atoms. The zero-order valence-corrected chi connectivity index (χ0v) is 13.1. The lowest BCUT2D eigenvalue weighted by Gasteiger charge is -2.12. The predicted molar refractivity (Wildman–Crippen MR) is 84.2 cm³/mol. The van der Waals surface area contributed by atoms with Gasteiger partial charge in [-0.2, -0.15) is 0 Å². The van der Waals surface area contributed by atoms with Gasteiger partial charge in [-0.25, -0.2) is 4.39 Å². The van der Waals surface area contributed by atoms with Gasteiger partial charge in [-0.3, -0.25) is 4.79 Å². The van der Waals surface area contributed by atoms with E-state index in [1.165, 1.54) is 30.3 Å². The van der Waals surface area contributed by atoms with Crippen LogP contribution >= 0.6 is 0 Å². The van der Waals surface area contributed by atoms with E-state index in [1.807, 2.05) is 0 Å². The monoisotopic (exact) mass is 351 g/mol. The SMILES string of the molecule is Cc1c(C=O)c2cc(F)ccc2n1Cc1cccc(OC(F)(F)F)c1. The quantitative estimate of drug-likeness (QED) is 0.497. The summed E-state index contributed by atoms with van der Waals surface area (Å²) in [6.45, 7) is 1.93. The summed E-state index contributed by atoms with van der Waals surface area (Å²) in [4.78, 5) is 11.3. The maximum atomic E-state index is 13.5. The summed E-state index contributed by atoms with van der Waals surface area (Å²) in [7, 11) is 0. The number of benzene rings is 2. The molecule has 0 saturated heterocycles. The molecule has 25 heavy (non-hydrogen) atoms. The fraction of sp³-hybridized carbons (Fsp3) is 0.167. The van der Waals surface area contributed by atoms with E-state index in [2.05, 4.69) is 4.74 Å². The Kier molecular flexibility index (Phi) is 4.24. The topological polar surface area (TPSA) is 31.2 Å². The van der Waals surface area contributed by atoms with Gasteiger partial charge in [-0.1, -0.05) is 12.1 Å². The first-order valence-electron chi connectivity index (χ1n) is 7.36. The zero-order chi connectivity index (χ0) is 18.2. The van der Waals surface area contributed by atoms with E-state index in [1.54, 1.807) is 23.6 Å². The molecule has 130 valence electrons. The molecule has 0 aliphatic carbocycles. The summed E-state index contributed by atoms with van der Waals surface area (Å²) in [5.74, 6) is -0.783. The molecule has 2 aromatic carbocycles. The smallest absolute Gasteiger partial charge is 0.406 e. The molecule has 0 aliphatic heterocycles. The van der Waals surface area contributed by atoms with Crippen LogP contribution in [0.5, 0.6) is 5.75 Å². The standard InChI is InChI=1S/C18H13F4NO2/c1-11-16(10-24)15-8-13(19)5-6-17(15)23(11)9-12-3-2-4-14(7-12)25-18(20,21)22/h2-8,10H,9H2,1H3. The van der Waals surface area contributed by atoms with Crippen LogP contribution in [-0.2, 0) is 6.54 Å². The minimum Gasteiger partial charge on any atom is -0.406 e. The van der Waals surface area contributed by atoms with Crippen molar-refractivity contribution in [2.75, 3.05) is 0 Å². The summed E-state index contributed by atoms with van der Waals surface area (Å²) >= 11 is 0. The molecular weight excluding hydrogens is 338 g/mol. The number of halogens is 4. The van der Waals surface area contributed by atoms with E-state index in [-0.39, 0.29) is 12.3 Å². The number of rotatable bonds is 4. The fourth-order valence-electron chi connectivity index (χ4n) is 2.86. The average molecular weight is 351 g/mol. The highest BCUT2D eigenvalue weighted by Gasteiger charge is 2.31. The molecule has 1 aromatic heterocycles. The Balaban J connectivity index is 2.03. The van der Waals surface area contributed by atoms with E-state index in [0.717, 1.165) is 0 Å². The number of aldehydes is 1. The summed E-state index contributed by atoms with van der Waals surface area (Å²) < 4.78 is 56.2. The number of hydrogen-bond acceptors (Lipinski definition) is 2. The van der Waals surface area contributed by atoms with Gasteiger partial charge >= 0.3 is 6.36 Å². The van der Waals surface area contributed by atoms with Gasteiger partial charge in [-0.15, -0.1) is 13.2 Å². The van der Waals surface area contributed by atoms with Gasteiger partial charge in [0.25, 0.3) is 0 Å². The van der Waals surface area contributed by atoms with Crippen molar-refractivity contribution in [2.24, 2.45) is 0 Å². The van der Waals surface area contributed by atoms with Crippen LogP contribution in [0, 0.1) is 12.7 Å². The van der Waals surface area contributed by atoms with Crippen LogP contribution in [0.15, 0.2) is 42.5 Å². The molecule has 0 amide bonds. The lowest BCUT2D eigenvalue weighted by Crippen LogP contribution is -2.17. The lowest BCUT2D eigenvalue weighted by atomic mass is 10.1. The highest BCUT2D eigenvalue weighted by atomic mass is 19.4. The van der Waals surface area contributed by atoms with Crippen LogP contribution in [0.1, 0.15) is 21.6 Å². The highest BCUT2D eigenvalue weighted by Crippen LogP contribution is 2.28. The molecule has 0 spiro atoms. The molecule has 0 unspecified atom stereocenters. The highest BCUT2D eigenvalue weighted by molar-refractivity contribution is 5.99. The van der Waals surface area contributed by atoms with Crippen molar-refractivity contribution in [2.45, 2.75) is 19.8 Å². The molecular formula is C18H13F4NO2. The Labute approximate surface area is 140 Å². The molecule has 3 aromatic rings. The minimum absolute atomic E-state index is 0.219. The normalized spacial score (nSPS) is 11.7. The van der Waals surface area contributed by atoms with Crippen molar-refractivity contribution in [3.63, 3.8) is 0 Å². The van der Waals surface area contributed by atoms with Gasteiger partial charge in [0.1, 0.15) is 11.6 Å². The molecule has 3 rings (SSSR count). The van der Waals surface area contributed by atoms with Crippen molar-refractivity contribution in [3.8, 4) is 5.75 Å². The molecule has 1 heterocycles. The summed E-state index contributed by atoms with van der Waals surface area (Å²) in [5.41, 5.74) is 2.15. The molecule has 3 nitrogen and oxygen atoms in total. The number of alkyl halides is 3. The average Bonchev–Trinajstić information content (AvgIpc) is 2.77. The maximum absolute atomic E-state index is 13.5. The molecule has 0 radical (unpaired) electrons. The minimum atomic E-state index is -4.77. The third kappa shape index (κ3) is 3.50. The second kappa shape index (κ2) is 6.23. The van der Waals surface area contributed by atoms with E-state index in [4.69, 9.17) is 0 Å². The van der Waals surface area contributed by atoms with E-state index < -0.39 is 12.2 Å². The van der Waals surface area contributed by atoms with E-state index >= 15 is 0 Å². The predicted octanol–water partition coefficient (Wildman–Crippen LogP) is 4.85. The fourth-order valence-corrected chi connectivity index (χ4v) is 2.86. The van der Waals surface area contributed by atoms with Crippen LogP contribution in [0.25, 0.3) is 10.9 Å². The van der Waals surface area contributed by atoms with Crippen molar-refractivity contribution < 1.29 is 27.1 Å². The Morgan fingerprint density at radius 1 is 1.16 bits per heavy atom. The third-order valence-electron chi connectivity index (χ3n) is 3.92. The number of nitrogens with zero attached hydrogens (tertiary/aromatic N) is 1. The van der Waals surface area contributed by atoms with Crippen molar-refractivity contribution in [1.82, 2.24) is 4.57 Å². The second-order valence-corrected chi connectivity index (χ2v) is 5.56. The van der Waals surface area contributed by atoms with Gasteiger partial charge < -0.3 is 9.30 Å². The van der Waals surface area contributed by atoms with E-state index in [9.17, 15) is 22.4 Å². The Morgan fingerprint density at radius 2 is 1.92 bits per heavy atom. The van der Waals surface area contributed by atoms with Gasteiger partial charge in [-0.05, 0) is 42.8 Å². The zero-order valence-electron chi connectivity index (χ0n) is 13.1. The first kappa shape index (κ1) is 17.0. The largest absolute Gasteiger partial charge is 0.573 e. The molecule has 7 heteroatoms. The molecule has 0 N–H and O–H groups in total. The first-order chi connectivity index (χ1) is 11.8. The summed E-state index contributed by atoms with van der Waals surface area (Å²) in [6.07, 6.45) is -4.12. The lowest BCUT2D eigenvalue weighted by molar-refractivity contribution is -0.274. The van der Waals surface area contributed by atoms with Crippen LogP contribution in [0.4, 0.5) is 17.6 Å². The number of aromatic nitrogens is 1. The molecule has 0 atom stereocenters. The Hall–Kier alpha value is -2.83. The number of fused-ring (bicyclic) bond motifs is 1. The number of hydrogen-bond donors (Lipinski definition) is 0. The van der Waals surface area contributed by atoms with E-state index in [0.29, 0.717) is 34.0 Å². The summed E-state index contributed by atoms with van der Waals surface area (Å²) in [6, 6.07) is 9.69. The van der Waals surface area contributed by atoms with Gasteiger partial charge in [0, 0.05) is 28.7 Å². The van der Waals surface area contributed by atoms with Gasteiger partial charge in [0.15, 0.2) is 6.29 Å².